The lowest BCUT2D eigenvalue weighted by atomic mass is 10.1. The van der Waals surface area contributed by atoms with E-state index in [2.05, 4.69) is 10.3 Å². The molecule has 0 saturated carbocycles. The summed E-state index contributed by atoms with van der Waals surface area (Å²) < 4.78 is 5.50. The third-order valence-electron chi connectivity index (χ3n) is 3.66. The minimum absolute atomic E-state index is 0.101. The maximum atomic E-state index is 12.1. The number of hydrogen-bond donors (Lipinski definition) is 1. The van der Waals surface area contributed by atoms with Gasteiger partial charge in [-0.25, -0.2) is 4.98 Å². The summed E-state index contributed by atoms with van der Waals surface area (Å²) in [5.41, 5.74) is 2.68. The molecule has 0 unspecified atom stereocenters. The first-order valence-corrected chi connectivity index (χ1v) is 9.42. The average Bonchev–Trinajstić information content (AvgIpc) is 2.97. The van der Waals surface area contributed by atoms with Gasteiger partial charge in [0, 0.05) is 20.5 Å². The molecule has 1 amide bonds. The van der Waals surface area contributed by atoms with E-state index in [1.807, 2.05) is 38.1 Å². The van der Waals surface area contributed by atoms with Crippen LogP contribution in [0.1, 0.15) is 10.4 Å². The number of halogens is 2. The molecule has 4 nitrogen and oxygen atoms in total. The Balaban J connectivity index is 1.63. The minimum atomic E-state index is -0.269. The summed E-state index contributed by atoms with van der Waals surface area (Å²) in [7, 11) is 0. The van der Waals surface area contributed by atoms with Crippen molar-refractivity contribution in [1.82, 2.24) is 4.98 Å². The molecule has 134 valence electrons. The molecule has 0 spiro atoms. The number of aryl methyl sites for hydroxylation is 2. The third kappa shape index (κ3) is 4.55. The lowest BCUT2D eigenvalue weighted by Crippen LogP contribution is -2.20. The molecule has 1 N–H and O–H groups in total. The molecule has 0 radical (unpaired) electrons. The van der Waals surface area contributed by atoms with Crippen molar-refractivity contribution in [3.8, 4) is 17.0 Å². The summed E-state index contributed by atoms with van der Waals surface area (Å²) in [5.74, 6) is 0.327. The highest BCUT2D eigenvalue weighted by molar-refractivity contribution is 7.16. The van der Waals surface area contributed by atoms with Gasteiger partial charge in [-0.05, 0) is 49.7 Å². The largest absolute Gasteiger partial charge is 0.484 e. The van der Waals surface area contributed by atoms with Gasteiger partial charge >= 0.3 is 0 Å². The Labute approximate surface area is 165 Å². The number of thiazole rings is 1. The SMILES string of the molecule is Cc1cc(OCC(=O)Nc2nc(-c3ccc(Cl)cc3)c(C)s2)ccc1Cl. The Bertz CT molecular complexity index is 939. The minimum Gasteiger partial charge on any atom is -0.484 e. The van der Waals surface area contributed by atoms with E-state index in [0.717, 1.165) is 21.7 Å². The summed E-state index contributed by atoms with van der Waals surface area (Å²) in [6.07, 6.45) is 0. The molecule has 0 aliphatic carbocycles. The predicted octanol–water partition coefficient (Wildman–Crippen LogP) is 5.75. The van der Waals surface area contributed by atoms with Gasteiger partial charge in [0.05, 0.1) is 5.69 Å². The Morgan fingerprint density at radius 3 is 2.58 bits per heavy atom. The fraction of sp³-hybridized carbons (Fsp3) is 0.158. The number of ether oxygens (including phenoxy) is 1. The molecule has 0 fully saturated rings. The number of amides is 1. The quantitative estimate of drug-likeness (QED) is 0.586. The Morgan fingerprint density at radius 1 is 1.15 bits per heavy atom. The number of carbonyl (C=O) groups is 1. The van der Waals surface area contributed by atoms with E-state index in [1.54, 1.807) is 18.2 Å². The number of carbonyl (C=O) groups excluding carboxylic acids is 1. The van der Waals surface area contributed by atoms with E-state index in [-0.39, 0.29) is 12.5 Å². The van der Waals surface area contributed by atoms with Gasteiger partial charge in [-0.2, -0.15) is 0 Å². The van der Waals surface area contributed by atoms with E-state index in [9.17, 15) is 4.79 Å². The molecule has 1 heterocycles. The van der Waals surface area contributed by atoms with Gasteiger partial charge in [-0.15, -0.1) is 11.3 Å². The maximum Gasteiger partial charge on any atom is 0.264 e. The van der Waals surface area contributed by atoms with Gasteiger partial charge < -0.3 is 4.74 Å². The first kappa shape index (κ1) is 18.7. The zero-order chi connectivity index (χ0) is 18.7. The van der Waals surface area contributed by atoms with Crippen molar-refractivity contribution >= 4 is 45.6 Å². The number of rotatable bonds is 5. The number of aromatic nitrogens is 1. The second-order valence-electron chi connectivity index (χ2n) is 5.68. The van der Waals surface area contributed by atoms with Crippen LogP contribution in [0.4, 0.5) is 5.13 Å². The highest BCUT2D eigenvalue weighted by Gasteiger charge is 2.12. The number of nitrogens with one attached hydrogen (secondary N) is 1. The van der Waals surface area contributed by atoms with Crippen LogP contribution < -0.4 is 10.1 Å². The molecule has 2 aromatic carbocycles. The molecule has 0 aliphatic heterocycles. The molecule has 0 atom stereocenters. The average molecular weight is 407 g/mol. The van der Waals surface area contributed by atoms with Crippen molar-refractivity contribution in [3.05, 3.63) is 63.0 Å². The molecule has 26 heavy (non-hydrogen) atoms. The van der Waals surface area contributed by atoms with Gasteiger partial charge in [0.25, 0.3) is 5.91 Å². The molecule has 3 rings (SSSR count). The van der Waals surface area contributed by atoms with Crippen LogP contribution in [0.5, 0.6) is 5.75 Å². The molecule has 0 aliphatic rings. The van der Waals surface area contributed by atoms with Crippen LogP contribution in [0.25, 0.3) is 11.3 Å². The fourth-order valence-electron chi connectivity index (χ4n) is 2.34. The van der Waals surface area contributed by atoms with Gasteiger partial charge in [-0.3, -0.25) is 10.1 Å². The van der Waals surface area contributed by atoms with Crippen LogP contribution in [0.3, 0.4) is 0 Å². The lowest BCUT2D eigenvalue weighted by Gasteiger charge is -2.07. The number of benzene rings is 2. The van der Waals surface area contributed by atoms with Crippen molar-refractivity contribution in [3.63, 3.8) is 0 Å². The Kier molecular flexibility index (Phi) is 5.81. The first-order valence-electron chi connectivity index (χ1n) is 7.84. The van der Waals surface area contributed by atoms with E-state index >= 15 is 0 Å². The molecule has 3 aromatic rings. The lowest BCUT2D eigenvalue weighted by molar-refractivity contribution is -0.118. The monoisotopic (exact) mass is 406 g/mol. The van der Waals surface area contributed by atoms with Gasteiger partial charge in [0.2, 0.25) is 0 Å². The van der Waals surface area contributed by atoms with Crippen molar-refractivity contribution in [2.75, 3.05) is 11.9 Å². The number of nitrogens with zero attached hydrogens (tertiary/aromatic N) is 1. The van der Waals surface area contributed by atoms with Crippen molar-refractivity contribution in [2.24, 2.45) is 0 Å². The predicted molar refractivity (Wildman–Crippen MR) is 108 cm³/mol. The van der Waals surface area contributed by atoms with Crippen LogP contribution in [0.2, 0.25) is 10.0 Å². The number of hydrogen-bond acceptors (Lipinski definition) is 4. The standard InChI is InChI=1S/C19H16Cl2N2O2S/c1-11-9-15(7-8-16(11)21)25-10-17(24)22-19-23-18(12(2)26-19)13-3-5-14(20)6-4-13/h3-9H,10H2,1-2H3,(H,22,23,24). The first-order chi connectivity index (χ1) is 12.4. The Morgan fingerprint density at radius 2 is 1.88 bits per heavy atom. The summed E-state index contributed by atoms with van der Waals surface area (Å²) in [5, 5.41) is 4.64. The van der Waals surface area contributed by atoms with Gasteiger partial charge in [0.15, 0.2) is 11.7 Å². The van der Waals surface area contributed by atoms with E-state index in [4.69, 9.17) is 27.9 Å². The van der Waals surface area contributed by atoms with Crippen LogP contribution in [-0.2, 0) is 4.79 Å². The summed E-state index contributed by atoms with van der Waals surface area (Å²) in [6, 6.07) is 12.7. The topological polar surface area (TPSA) is 51.2 Å². The smallest absolute Gasteiger partial charge is 0.264 e. The summed E-state index contributed by atoms with van der Waals surface area (Å²) >= 11 is 13.3. The molecule has 7 heteroatoms. The zero-order valence-electron chi connectivity index (χ0n) is 14.2. The van der Waals surface area contributed by atoms with E-state index in [1.165, 1.54) is 11.3 Å². The van der Waals surface area contributed by atoms with E-state index in [0.29, 0.717) is 20.9 Å². The highest BCUT2D eigenvalue weighted by atomic mass is 35.5. The van der Waals surface area contributed by atoms with Crippen LogP contribution in [0.15, 0.2) is 42.5 Å². The van der Waals surface area contributed by atoms with Gasteiger partial charge in [0.1, 0.15) is 5.75 Å². The summed E-state index contributed by atoms with van der Waals surface area (Å²) in [4.78, 5) is 17.6. The second kappa shape index (κ2) is 8.08. The third-order valence-corrected chi connectivity index (χ3v) is 5.22. The van der Waals surface area contributed by atoms with Crippen molar-refractivity contribution in [1.29, 1.82) is 0 Å². The molecule has 1 aromatic heterocycles. The molecule has 0 saturated heterocycles. The Hall–Kier alpha value is -2.08. The van der Waals surface area contributed by atoms with E-state index < -0.39 is 0 Å². The normalized spacial score (nSPS) is 10.6. The molecular formula is C19H16Cl2N2O2S. The van der Waals surface area contributed by atoms with Crippen LogP contribution in [0, 0.1) is 13.8 Å². The van der Waals surface area contributed by atoms with Crippen LogP contribution in [-0.4, -0.2) is 17.5 Å². The molecule has 0 bridgehead atoms. The van der Waals surface area contributed by atoms with Crippen molar-refractivity contribution < 1.29 is 9.53 Å². The maximum absolute atomic E-state index is 12.1. The molecular weight excluding hydrogens is 391 g/mol. The number of anilines is 1. The fourth-order valence-corrected chi connectivity index (χ4v) is 3.43. The van der Waals surface area contributed by atoms with Crippen molar-refractivity contribution in [2.45, 2.75) is 13.8 Å². The zero-order valence-corrected chi connectivity index (χ0v) is 16.5. The highest BCUT2D eigenvalue weighted by Crippen LogP contribution is 2.31. The van der Waals surface area contributed by atoms with Crippen LogP contribution >= 0.6 is 34.5 Å². The summed E-state index contributed by atoms with van der Waals surface area (Å²) in [6.45, 7) is 3.74. The van der Waals surface area contributed by atoms with Gasteiger partial charge in [-0.1, -0.05) is 35.3 Å². The second-order valence-corrected chi connectivity index (χ2v) is 7.73.